The Labute approximate surface area is 112 Å². The molecule has 0 unspecified atom stereocenters. The Morgan fingerprint density at radius 1 is 1.21 bits per heavy atom. The highest BCUT2D eigenvalue weighted by Crippen LogP contribution is 2.32. The van der Waals surface area contributed by atoms with Gasteiger partial charge in [0.05, 0.1) is 7.11 Å². The fourth-order valence-corrected chi connectivity index (χ4v) is 2.44. The summed E-state index contributed by atoms with van der Waals surface area (Å²) in [6, 6.07) is 13.1. The quantitative estimate of drug-likeness (QED) is 0.855. The molecule has 3 heteroatoms. The van der Waals surface area contributed by atoms with Gasteiger partial charge in [0.25, 0.3) is 0 Å². The Morgan fingerprint density at radius 2 is 2.00 bits per heavy atom. The molecule has 0 saturated heterocycles. The van der Waals surface area contributed by atoms with E-state index in [2.05, 4.69) is 5.32 Å². The van der Waals surface area contributed by atoms with E-state index in [1.165, 1.54) is 0 Å². The molecule has 0 saturated carbocycles. The number of carbonyl (C=O) groups is 1. The highest BCUT2D eigenvalue weighted by molar-refractivity contribution is 6.13. The van der Waals surface area contributed by atoms with Crippen LogP contribution in [-0.4, -0.2) is 19.4 Å². The number of rotatable bonds is 3. The van der Waals surface area contributed by atoms with Gasteiger partial charge in [-0.1, -0.05) is 30.3 Å². The van der Waals surface area contributed by atoms with Gasteiger partial charge in [-0.15, -0.1) is 0 Å². The molecule has 0 fully saturated rings. The number of fused-ring (bicyclic) bond motifs is 1. The van der Waals surface area contributed by atoms with E-state index in [-0.39, 0.29) is 5.78 Å². The molecule has 0 radical (unpaired) electrons. The fourth-order valence-electron chi connectivity index (χ4n) is 2.44. The smallest absolute Gasteiger partial charge is 0.195 e. The third-order valence-corrected chi connectivity index (χ3v) is 3.41. The standard InChI is InChI=1S/C16H15NO2/c1-19-13-9-12-7-8-17-15(12)14(10-13)16(18)11-5-3-2-4-6-11/h2-6,9-10,17H,7-8H2,1H3. The van der Waals surface area contributed by atoms with Gasteiger partial charge in [0.2, 0.25) is 0 Å². The highest BCUT2D eigenvalue weighted by atomic mass is 16.5. The maximum Gasteiger partial charge on any atom is 0.195 e. The van der Waals surface area contributed by atoms with Crippen molar-refractivity contribution in [3.8, 4) is 5.75 Å². The predicted molar refractivity (Wildman–Crippen MR) is 75.1 cm³/mol. The molecule has 1 aliphatic heterocycles. The lowest BCUT2D eigenvalue weighted by Gasteiger charge is -2.10. The molecule has 1 heterocycles. The molecule has 2 aromatic carbocycles. The molecule has 0 spiro atoms. The van der Waals surface area contributed by atoms with Crippen LogP contribution in [-0.2, 0) is 6.42 Å². The minimum atomic E-state index is 0.0325. The molecule has 0 amide bonds. The monoisotopic (exact) mass is 253 g/mol. The van der Waals surface area contributed by atoms with Crippen LogP contribution in [0.3, 0.4) is 0 Å². The van der Waals surface area contributed by atoms with Crippen molar-refractivity contribution in [3.05, 3.63) is 59.2 Å². The highest BCUT2D eigenvalue weighted by Gasteiger charge is 2.21. The van der Waals surface area contributed by atoms with Gasteiger partial charge >= 0.3 is 0 Å². The summed E-state index contributed by atoms with van der Waals surface area (Å²) in [5, 5.41) is 3.29. The number of benzene rings is 2. The van der Waals surface area contributed by atoms with Crippen molar-refractivity contribution in [2.24, 2.45) is 0 Å². The Morgan fingerprint density at radius 3 is 2.74 bits per heavy atom. The number of hydrogen-bond acceptors (Lipinski definition) is 3. The predicted octanol–water partition coefficient (Wildman–Crippen LogP) is 2.89. The van der Waals surface area contributed by atoms with Gasteiger partial charge in [-0.3, -0.25) is 4.79 Å². The first-order valence-corrected chi connectivity index (χ1v) is 6.34. The normalized spacial score (nSPS) is 12.7. The van der Waals surface area contributed by atoms with Gasteiger partial charge in [0, 0.05) is 23.4 Å². The zero-order chi connectivity index (χ0) is 13.2. The summed E-state index contributed by atoms with van der Waals surface area (Å²) in [5.74, 6) is 0.770. The average Bonchev–Trinajstić information content (AvgIpc) is 2.94. The summed E-state index contributed by atoms with van der Waals surface area (Å²) in [5.41, 5.74) is 3.50. The van der Waals surface area contributed by atoms with Crippen LogP contribution in [0.25, 0.3) is 0 Å². The Balaban J connectivity index is 2.10. The van der Waals surface area contributed by atoms with E-state index in [1.54, 1.807) is 7.11 Å². The molecule has 0 atom stereocenters. The van der Waals surface area contributed by atoms with E-state index >= 15 is 0 Å². The second-order valence-corrected chi connectivity index (χ2v) is 4.58. The first kappa shape index (κ1) is 11.8. The fraction of sp³-hybridized carbons (Fsp3) is 0.188. The number of anilines is 1. The molecular formula is C16H15NO2. The first-order valence-electron chi connectivity index (χ1n) is 6.34. The van der Waals surface area contributed by atoms with Crippen LogP contribution in [0.1, 0.15) is 21.5 Å². The van der Waals surface area contributed by atoms with E-state index in [1.807, 2.05) is 42.5 Å². The van der Waals surface area contributed by atoms with Gasteiger partial charge in [0.15, 0.2) is 5.78 Å². The van der Waals surface area contributed by atoms with Crippen molar-refractivity contribution in [2.45, 2.75) is 6.42 Å². The van der Waals surface area contributed by atoms with E-state index in [9.17, 15) is 4.79 Å². The molecular weight excluding hydrogens is 238 g/mol. The van der Waals surface area contributed by atoms with Gasteiger partial charge in [-0.25, -0.2) is 0 Å². The van der Waals surface area contributed by atoms with Crippen molar-refractivity contribution in [1.82, 2.24) is 0 Å². The number of ether oxygens (including phenoxy) is 1. The lowest BCUT2D eigenvalue weighted by molar-refractivity contribution is 0.103. The summed E-state index contributed by atoms with van der Waals surface area (Å²) in [6.45, 7) is 0.873. The Hall–Kier alpha value is -2.29. The second kappa shape index (κ2) is 4.76. The van der Waals surface area contributed by atoms with Crippen LogP contribution in [0.2, 0.25) is 0 Å². The lowest BCUT2D eigenvalue weighted by atomic mass is 9.99. The van der Waals surface area contributed by atoms with Crippen molar-refractivity contribution in [3.63, 3.8) is 0 Å². The van der Waals surface area contributed by atoms with Gasteiger partial charge in [-0.2, -0.15) is 0 Å². The Bertz CT molecular complexity index is 620. The molecule has 1 N–H and O–H groups in total. The zero-order valence-corrected chi connectivity index (χ0v) is 10.8. The van der Waals surface area contributed by atoms with E-state index in [0.29, 0.717) is 11.1 Å². The zero-order valence-electron chi connectivity index (χ0n) is 10.8. The maximum atomic E-state index is 12.6. The number of methoxy groups -OCH3 is 1. The lowest BCUT2D eigenvalue weighted by Crippen LogP contribution is -2.05. The molecule has 2 aromatic rings. The third kappa shape index (κ3) is 2.08. The van der Waals surface area contributed by atoms with Crippen molar-refractivity contribution in [1.29, 1.82) is 0 Å². The maximum absolute atomic E-state index is 12.6. The molecule has 19 heavy (non-hydrogen) atoms. The van der Waals surface area contributed by atoms with Crippen LogP contribution in [0, 0.1) is 0 Å². The molecule has 3 nitrogen and oxygen atoms in total. The number of ketones is 1. The largest absolute Gasteiger partial charge is 0.497 e. The third-order valence-electron chi connectivity index (χ3n) is 3.41. The van der Waals surface area contributed by atoms with Crippen LogP contribution in [0.15, 0.2) is 42.5 Å². The first-order chi connectivity index (χ1) is 9.29. The molecule has 0 bridgehead atoms. The number of nitrogens with one attached hydrogen (secondary N) is 1. The molecule has 0 aliphatic carbocycles. The summed E-state index contributed by atoms with van der Waals surface area (Å²) in [7, 11) is 1.63. The summed E-state index contributed by atoms with van der Waals surface area (Å²) in [4.78, 5) is 12.6. The minimum absolute atomic E-state index is 0.0325. The summed E-state index contributed by atoms with van der Waals surface area (Å²) >= 11 is 0. The second-order valence-electron chi connectivity index (χ2n) is 4.58. The van der Waals surface area contributed by atoms with Crippen LogP contribution >= 0.6 is 0 Å². The SMILES string of the molecule is COc1cc2c(c(C(=O)c3ccccc3)c1)NCC2. The van der Waals surface area contributed by atoms with E-state index in [0.717, 1.165) is 30.0 Å². The number of carbonyl (C=O) groups excluding carboxylic acids is 1. The molecule has 96 valence electrons. The molecule has 0 aromatic heterocycles. The number of hydrogen-bond donors (Lipinski definition) is 1. The summed E-state index contributed by atoms with van der Waals surface area (Å²) in [6.07, 6.45) is 0.932. The van der Waals surface area contributed by atoms with Crippen LogP contribution in [0.5, 0.6) is 5.75 Å². The average molecular weight is 253 g/mol. The topological polar surface area (TPSA) is 38.3 Å². The van der Waals surface area contributed by atoms with Gasteiger partial charge in [-0.05, 0) is 24.1 Å². The van der Waals surface area contributed by atoms with Crippen molar-refractivity contribution in [2.75, 3.05) is 19.0 Å². The van der Waals surface area contributed by atoms with Crippen molar-refractivity contribution < 1.29 is 9.53 Å². The van der Waals surface area contributed by atoms with Crippen LogP contribution in [0.4, 0.5) is 5.69 Å². The molecule has 1 aliphatic rings. The van der Waals surface area contributed by atoms with Gasteiger partial charge in [0.1, 0.15) is 5.75 Å². The van der Waals surface area contributed by atoms with E-state index in [4.69, 9.17) is 4.74 Å². The molecule has 3 rings (SSSR count). The Kier molecular flexibility index (Phi) is 2.95. The van der Waals surface area contributed by atoms with Crippen molar-refractivity contribution >= 4 is 11.5 Å². The minimum Gasteiger partial charge on any atom is -0.497 e. The van der Waals surface area contributed by atoms with E-state index < -0.39 is 0 Å². The van der Waals surface area contributed by atoms with Gasteiger partial charge < -0.3 is 10.1 Å². The van der Waals surface area contributed by atoms with Crippen LogP contribution < -0.4 is 10.1 Å². The summed E-state index contributed by atoms with van der Waals surface area (Å²) < 4.78 is 5.29.